The van der Waals surface area contributed by atoms with Gasteiger partial charge >= 0.3 is 8.03 Å². The summed E-state index contributed by atoms with van der Waals surface area (Å²) >= 11 is 0. The molecule has 0 aromatic carbocycles. The molecule has 1 fully saturated rings. The van der Waals surface area contributed by atoms with Crippen LogP contribution in [0.25, 0.3) is 0 Å². The molecule has 0 radical (unpaired) electrons. The maximum atomic E-state index is 10.9. The van der Waals surface area contributed by atoms with Gasteiger partial charge < -0.3 is 0 Å². The Morgan fingerprint density at radius 3 is 2.58 bits per heavy atom. The van der Waals surface area contributed by atoms with E-state index >= 15 is 0 Å². The molecule has 0 spiro atoms. The molecule has 0 amide bonds. The molecular weight excluding hydrogens is 171 g/mol. The van der Waals surface area contributed by atoms with Gasteiger partial charge in [-0.2, -0.15) is 0 Å². The van der Waals surface area contributed by atoms with Gasteiger partial charge in [0.1, 0.15) is 0 Å². The van der Waals surface area contributed by atoms with Crippen LogP contribution in [0.15, 0.2) is 11.9 Å². The molecule has 1 saturated carbocycles. The zero-order valence-corrected chi connectivity index (χ0v) is 8.43. The van der Waals surface area contributed by atoms with Crippen LogP contribution in [0.3, 0.4) is 0 Å². The first kappa shape index (κ1) is 9.88. The molecule has 1 unspecified atom stereocenters. The molecule has 0 N–H and O–H groups in total. The minimum atomic E-state index is -1.53. The quantitative estimate of drug-likeness (QED) is 0.632. The third-order valence-electron chi connectivity index (χ3n) is 2.31. The SMILES string of the molecule is CO[P+](=O)C=CC1CCCCC1. The highest BCUT2D eigenvalue weighted by Gasteiger charge is 2.14. The van der Waals surface area contributed by atoms with Gasteiger partial charge in [-0.05, 0) is 29.4 Å². The molecule has 0 saturated heterocycles. The average molecular weight is 187 g/mol. The second kappa shape index (κ2) is 5.45. The van der Waals surface area contributed by atoms with Crippen LogP contribution >= 0.6 is 8.03 Å². The summed E-state index contributed by atoms with van der Waals surface area (Å²) in [6.45, 7) is 0. The van der Waals surface area contributed by atoms with E-state index in [1.807, 2.05) is 0 Å². The molecule has 68 valence electrons. The fourth-order valence-electron chi connectivity index (χ4n) is 1.58. The first-order valence-corrected chi connectivity index (χ1v) is 5.76. The predicted octanol–water partition coefficient (Wildman–Crippen LogP) is 3.47. The third kappa shape index (κ3) is 3.46. The lowest BCUT2D eigenvalue weighted by Crippen LogP contribution is -2.02. The number of hydrogen-bond donors (Lipinski definition) is 0. The third-order valence-corrected chi connectivity index (χ3v) is 3.09. The van der Waals surface area contributed by atoms with Crippen molar-refractivity contribution in [2.75, 3.05) is 7.11 Å². The Hall–Kier alpha value is -0.200. The van der Waals surface area contributed by atoms with Crippen molar-refractivity contribution in [2.45, 2.75) is 32.1 Å². The highest BCUT2D eigenvalue weighted by molar-refractivity contribution is 7.42. The second-order valence-electron chi connectivity index (χ2n) is 3.21. The minimum Gasteiger partial charge on any atom is -0.146 e. The zero-order chi connectivity index (χ0) is 8.81. The minimum absolute atomic E-state index is 0.646. The highest BCUT2D eigenvalue weighted by atomic mass is 31.1. The Bertz CT molecular complexity index is 171. The van der Waals surface area contributed by atoms with Crippen LogP contribution in [0, 0.1) is 5.92 Å². The number of hydrogen-bond acceptors (Lipinski definition) is 2. The molecule has 2 nitrogen and oxygen atoms in total. The van der Waals surface area contributed by atoms with Crippen LogP contribution in [0.4, 0.5) is 0 Å². The molecular formula is C9H16O2P+. The average Bonchev–Trinajstić information content (AvgIpc) is 2.16. The predicted molar refractivity (Wildman–Crippen MR) is 50.3 cm³/mol. The van der Waals surface area contributed by atoms with E-state index < -0.39 is 8.03 Å². The van der Waals surface area contributed by atoms with Crippen LogP contribution in [0.5, 0.6) is 0 Å². The number of rotatable bonds is 3. The summed E-state index contributed by atoms with van der Waals surface area (Å²) in [4.78, 5) is 0. The molecule has 0 aromatic rings. The van der Waals surface area contributed by atoms with Crippen molar-refractivity contribution in [3.63, 3.8) is 0 Å². The standard InChI is InChI=1S/C9H16O2P/c1-11-12(10)8-7-9-5-3-2-4-6-9/h7-9H,2-6H2,1H3/q+1. The van der Waals surface area contributed by atoms with E-state index in [1.165, 1.54) is 39.2 Å². The fraction of sp³-hybridized carbons (Fsp3) is 0.778. The van der Waals surface area contributed by atoms with Crippen molar-refractivity contribution in [1.29, 1.82) is 0 Å². The Balaban J connectivity index is 2.28. The van der Waals surface area contributed by atoms with E-state index in [0.29, 0.717) is 5.92 Å². The second-order valence-corrected chi connectivity index (χ2v) is 4.44. The van der Waals surface area contributed by atoms with Gasteiger partial charge in [-0.3, -0.25) is 0 Å². The molecule has 1 rings (SSSR count). The van der Waals surface area contributed by atoms with Crippen molar-refractivity contribution < 1.29 is 9.09 Å². The lowest BCUT2D eigenvalue weighted by Gasteiger charge is -2.16. The van der Waals surface area contributed by atoms with E-state index in [0.717, 1.165) is 0 Å². The van der Waals surface area contributed by atoms with Gasteiger partial charge in [0.25, 0.3) is 0 Å². The molecule has 0 aliphatic heterocycles. The van der Waals surface area contributed by atoms with Gasteiger partial charge in [-0.15, -0.1) is 4.52 Å². The maximum Gasteiger partial charge on any atom is 0.540 e. The van der Waals surface area contributed by atoms with Gasteiger partial charge in [-0.1, -0.05) is 19.3 Å². The summed E-state index contributed by atoms with van der Waals surface area (Å²) in [6, 6.07) is 0. The molecule has 1 aliphatic rings. The Morgan fingerprint density at radius 1 is 1.33 bits per heavy atom. The smallest absolute Gasteiger partial charge is 0.146 e. The highest BCUT2D eigenvalue weighted by Crippen LogP contribution is 2.28. The molecule has 0 bridgehead atoms. The molecule has 3 heteroatoms. The van der Waals surface area contributed by atoms with Gasteiger partial charge in [-0.25, -0.2) is 0 Å². The van der Waals surface area contributed by atoms with E-state index in [2.05, 4.69) is 10.6 Å². The van der Waals surface area contributed by atoms with E-state index in [9.17, 15) is 4.57 Å². The summed E-state index contributed by atoms with van der Waals surface area (Å²) in [5, 5.41) is 0. The van der Waals surface area contributed by atoms with Crippen LogP contribution in [-0.4, -0.2) is 7.11 Å². The van der Waals surface area contributed by atoms with Crippen molar-refractivity contribution in [2.24, 2.45) is 5.92 Å². The summed E-state index contributed by atoms with van der Waals surface area (Å²) in [6.07, 6.45) is 8.56. The first-order chi connectivity index (χ1) is 5.83. The normalized spacial score (nSPS) is 21.6. The van der Waals surface area contributed by atoms with Crippen LogP contribution in [0.1, 0.15) is 32.1 Å². The van der Waals surface area contributed by atoms with Crippen LogP contribution in [0.2, 0.25) is 0 Å². The van der Waals surface area contributed by atoms with Gasteiger partial charge in [0.05, 0.1) is 7.11 Å². The summed E-state index contributed by atoms with van der Waals surface area (Å²) in [5.41, 5.74) is 0. The molecule has 0 aromatic heterocycles. The maximum absolute atomic E-state index is 10.9. The lowest BCUT2D eigenvalue weighted by molar-refractivity contribution is 0.414. The monoisotopic (exact) mass is 187 g/mol. The van der Waals surface area contributed by atoms with Crippen LogP contribution in [-0.2, 0) is 9.09 Å². The van der Waals surface area contributed by atoms with Crippen molar-refractivity contribution in [3.8, 4) is 0 Å². The van der Waals surface area contributed by atoms with Crippen molar-refractivity contribution >= 4 is 8.03 Å². The summed E-state index contributed by atoms with van der Waals surface area (Å²) in [7, 11) is -0.0577. The van der Waals surface area contributed by atoms with E-state index in [-0.39, 0.29) is 0 Å². The van der Waals surface area contributed by atoms with E-state index in [1.54, 1.807) is 5.82 Å². The molecule has 1 aliphatic carbocycles. The largest absolute Gasteiger partial charge is 0.540 e. The topological polar surface area (TPSA) is 26.3 Å². The van der Waals surface area contributed by atoms with Crippen LogP contribution < -0.4 is 0 Å². The number of allylic oxidation sites excluding steroid dienone is 1. The van der Waals surface area contributed by atoms with Gasteiger partial charge in [0, 0.05) is 0 Å². The molecule has 12 heavy (non-hydrogen) atoms. The van der Waals surface area contributed by atoms with Crippen molar-refractivity contribution in [3.05, 3.63) is 11.9 Å². The Morgan fingerprint density at radius 2 is 2.00 bits per heavy atom. The molecule has 0 heterocycles. The zero-order valence-electron chi connectivity index (χ0n) is 7.53. The summed E-state index contributed by atoms with van der Waals surface area (Å²) < 4.78 is 15.6. The fourth-order valence-corrected chi connectivity index (χ4v) is 2.09. The van der Waals surface area contributed by atoms with E-state index in [4.69, 9.17) is 0 Å². The first-order valence-electron chi connectivity index (χ1n) is 4.51. The summed E-state index contributed by atoms with van der Waals surface area (Å²) in [5.74, 6) is 2.35. The van der Waals surface area contributed by atoms with Gasteiger partial charge in [0.2, 0.25) is 0 Å². The molecule has 1 atom stereocenters. The Labute approximate surface area is 74.9 Å². The Kier molecular flexibility index (Phi) is 4.49. The lowest BCUT2D eigenvalue weighted by atomic mass is 9.90. The van der Waals surface area contributed by atoms with Gasteiger partial charge in [0.15, 0.2) is 5.82 Å². The van der Waals surface area contributed by atoms with Crippen molar-refractivity contribution in [1.82, 2.24) is 0 Å².